The average Bonchev–Trinajstić information content (AvgIpc) is 3.22. The molecule has 172 valence electrons. The minimum Gasteiger partial charge on any atom is -0.371 e. The first kappa shape index (κ1) is 21.9. The summed E-state index contributed by atoms with van der Waals surface area (Å²) in [5.74, 6) is 5.91. The fraction of sp³-hybridized carbons (Fsp3) is 0.308. The average molecular weight is 453 g/mol. The second-order valence-corrected chi connectivity index (χ2v) is 9.08. The Kier molecular flexibility index (Phi) is 5.86. The Balaban J connectivity index is 1.48. The Morgan fingerprint density at radius 1 is 1.06 bits per heavy atom. The van der Waals surface area contributed by atoms with Gasteiger partial charge in [0.05, 0.1) is 23.0 Å². The lowest BCUT2D eigenvalue weighted by molar-refractivity contribution is 0.249. The molecule has 0 atom stereocenters. The van der Waals surface area contributed by atoms with Gasteiger partial charge in [0, 0.05) is 43.1 Å². The summed E-state index contributed by atoms with van der Waals surface area (Å²) in [7, 11) is 4.33. The van der Waals surface area contributed by atoms with E-state index >= 15 is 0 Å². The highest BCUT2D eigenvalue weighted by Gasteiger charge is 2.23. The molecule has 0 saturated carbocycles. The van der Waals surface area contributed by atoms with Crippen molar-refractivity contribution < 1.29 is 0 Å². The maximum Gasteiger partial charge on any atom is 0.200 e. The standard InChI is InChI=1S/C26H28N8/c1-32(2)22-9-11-33(12-10-22)23-7-8-24-21(13-23)17-34-16-20(14-25(34)26(29-24)30-31-28)19-5-3-18(15-27)4-6-19/h3-8,13-14,16,22H,9-12,17H2,1-2H3,(H2,28,29,30). The van der Waals surface area contributed by atoms with Crippen LogP contribution in [0.2, 0.25) is 0 Å². The van der Waals surface area contributed by atoms with Crippen LogP contribution >= 0.6 is 0 Å². The number of hydrogen-bond acceptors (Lipinski definition) is 6. The molecule has 2 aliphatic heterocycles. The van der Waals surface area contributed by atoms with Crippen LogP contribution in [0.25, 0.3) is 11.1 Å². The fourth-order valence-electron chi connectivity index (χ4n) is 4.85. The molecule has 34 heavy (non-hydrogen) atoms. The van der Waals surface area contributed by atoms with Gasteiger partial charge in [-0.25, -0.2) is 4.99 Å². The van der Waals surface area contributed by atoms with Gasteiger partial charge in [-0.1, -0.05) is 17.4 Å². The van der Waals surface area contributed by atoms with Crippen molar-refractivity contribution in [3.8, 4) is 17.2 Å². The highest BCUT2D eigenvalue weighted by atomic mass is 15.3. The zero-order valence-electron chi connectivity index (χ0n) is 19.5. The van der Waals surface area contributed by atoms with Crippen LogP contribution in [0, 0.1) is 11.3 Å². The Hall–Kier alpha value is -3.96. The summed E-state index contributed by atoms with van der Waals surface area (Å²) in [6.45, 7) is 2.78. The third-order valence-corrected chi connectivity index (χ3v) is 6.82. The number of aromatic nitrogens is 1. The minimum absolute atomic E-state index is 0.487. The Bertz CT molecular complexity index is 1290. The van der Waals surface area contributed by atoms with Gasteiger partial charge >= 0.3 is 0 Å². The molecule has 5 rings (SSSR count). The van der Waals surface area contributed by atoms with Crippen LogP contribution in [0.15, 0.2) is 70.1 Å². The van der Waals surface area contributed by atoms with Gasteiger partial charge < -0.3 is 20.2 Å². The molecule has 1 saturated heterocycles. The quantitative estimate of drug-likeness (QED) is 0.363. The van der Waals surface area contributed by atoms with Crippen LogP contribution in [0.1, 0.15) is 29.7 Å². The first-order valence-electron chi connectivity index (χ1n) is 11.5. The van der Waals surface area contributed by atoms with Gasteiger partial charge in [0.1, 0.15) is 0 Å². The van der Waals surface area contributed by atoms with E-state index in [0.717, 1.165) is 41.2 Å². The first-order chi connectivity index (χ1) is 16.6. The summed E-state index contributed by atoms with van der Waals surface area (Å²) in [6, 6.07) is 18.9. The van der Waals surface area contributed by atoms with Crippen LogP contribution < -0.4 is 10.7 Å². The maximum absolute atomic E-state index is 9.09. The van der Waals surface area contributed by atoms with E-state index in [1.807, 2.05) is 30.3 Å². The van der Waals surface area contributed by atoms with Crippen molar-refractivity contribution >= 4 is 17.2 Å². The summed E-state index contributed by atoms with van der Waals surface area (Å²) < 4.78 is 2.15. The van der Waals surface area contributed by atoms with Crippen LogP contribution in [0.3, 0.4) is 0 Å². The SMILES string of the molecule is CN(C)C1CCN(c2ccc3c(c2)Cn2cc(-c4ccc(C#N)cc4)cc2C(N=NN)=N3)CC1. The van der Waals surface area contributed by atoms with Crippen molar-refractivity contribution in [2.24, 2.45) is 21.2 Å². The first-order valence-corrected chi connectivity index (χ1v) is 11.5. The molecule has 3 aromatic rings. The fourth-order valence-corrected chi connectivity index (χ4v) is 4.85. The summed E-state index contributed by atoms with van der Waals surface area (Å²) in [5, 5.41) is 16.7. The van der Waals surface area contributed by atoms with Crippen LogP contribution in [-0.4, -0.2) is 48.5 Å². The minimum atomic E-state index is 0.487. The summed E-state index contributed by atoms with van der Waals surface area (Å²) in [4.78, 5) is 9.61. The number of amidine groups is 1. The van der Waals surface area contributed by atoms with Gasteiger partial charge in [-0.2, -0.15) is 5.26 Å². The third-order valence-electron chi connectivity index (χ3n) is 6.82. The number of aliphatic imine (C=N–C) groups is 1. The molecule has 0 spiro atoms. The molecule has 0 radical (unpaired) electrons. The van der Waals surface area contributed by atoms with Crippen molar-refractivity contribution in [1.82, 2.24) is 9.47 Å². The summed E-state index contributed by atoms with van der Waals surface area (Å²) in [5.41, 5.74) is 6.82. The van der Waals surface area contributed by atoms with Crippen molar-refractivity contribution in [3.05, 3.63) is 71.5 Å². The molecule has 0 aliphatic carbocycles. The smallest absolute Gasteiger partial charge is 0.200 e. The molecular weight excluding hydrogens is 424 g/mol. The highest BCUT2D eigenvalue weighted by Crippen LogP contribution is 2.33. The molecule has 2 N–H and O–H groups in total. The zero-order chi connectivity index (χ0) is 23.7. The van der Waals surface area contributed by atoms with E-state index in [0.29, 0.717) is 24.0 Å². The molecular formula is C26H28N8. The molecule has 0 bridgehead atoms. The number of benzene rings is 2. The Labute approximate surface area is 199 Å². The van der Waals surface area contributed by atoms with E-state index in [9.17, 15) is 0 Å². The topological polar surface area (TPSA) is 98.3 Å². The van der Waals surface area contributed by atoms with Crippen LogP contribution in [0.4, 0.5) is 11.4 Å². The molecule has 0 unspecified atom stereocenters. The number of hydrogen-bond donors (Lipinski definition) is 1. The highest BCUT2D eigenvalue weighted by molar-refractivity contribution is 6.01. The van der Waals surface area contributed by atoms with E-state index in [2.05, 4.69) is 69.3 Å². The number of nitriles is 1. The Morgan fingerprint density at radius 3 is 2.50 bits per heavy atom. The van der Waals surface area contributed by atoms with E-state index < -0.39 is 0 Å². The predicted molar refractivity (Wildman–Crippen MR) is 134 cm³/mol. The lowest BCUT2D eigenvalue weighted by Crippen LogP contribution is -2.42. The normalized spacial score (nSPS) is 16.2. The van der Waals surface area contributed by atoms with Crippen molar-refractivity contribution in [3.63, 3.8) is 0 Å². The molecule has 3 heterocycles. The van der Waals surface area contributed by atoms with Crippen molar-refractivity contribution in [1.29, 1.82) is 5.26 Å². The van der Waals surface area contributed by atoms with Gasteiger partial charge in [-0.15, -0.1) is 5.11 Å². The third kappa shape index (κ3) is 4.18. The zero-order valence-corrected chi connectivity index (χ0v) is 19.5. The molecule has 1 aromatic heterocycles. The number of rotatable bonds is 3. The molecule has 1 fully saturated rings. The van der Waals surface area contributed by atoms with Gasteiger partial charge in [0.25, 0.3) is 0 Å². The van der Waals surface area contributed by atoms with Crippen molar-refractivity contribution in [2.75, 3.05) is 32.1 Å². The maximum atomic E-state index is 9.09. The number of nitrogens with zero attached hydrogens (tertiary/aromatic N) is 7. The van der Waals surface area contributed by atoms with E-state index in [4.69, 9.17) is 16.1 Å². The van der Waals surface area contributed by atoms with Crippen LogP contribution in [-0.2, 0) is 6.54 Å². The second kappa shape index (κ2) is 9.12. The second-order valence-electron chi connectivity index (χ2n) is 9.08. The van der Waals surface area contributed by atoms with Crippen molar-refractivity contribution in [2.45, 2.75) is 25.4 Å². The predicted octanol–water partition coefficient (Wildman–Crippen LogP) is 4.32. The molecule has 2 aliphatic rings. The summed E-state index contributed by atoms with van der Waals surface area (Å²) >= 11 is 0. The molecule has 2 aromatic carbocycles. The monoisotopic (exact) mass is 452 g/mol. The lowest BCUT2D eigenvalue weighted by atomic mass is 10.0. The lowest BCUT2D eigenvalue weighted by Gasteiger charge is -2.36. The molecule has 8 nitrogen and oxygen atoms in total. The number of anilines is 1. The van der Waals surface area contributed by atoms with E-state index in [1.54, 1.807) is 0 Å². The number of piperidine rings is 1. The van der Waals surface area contributed by atoms with Gasteiger partial charge in [0.15, 0.2) is 0 Å². The van der Waals surface area contributed by atoms with Gasteiger partial charge in [-0.05, 0) is 74.5 Å². The molecule has 8 heteroatoms. The van der Waals surface area contributed by atoms with E-state index in [1.165, 1.54) is 18.5 Å². The van der Waals surface area contributed by atoms with Gasteiger partial charge in [0.2, 0.25) is 5.84 Å². The Morgan fingerprint density at radius 2 is 1.82 bits per heavy atom. The largest absolute Gasteiger partial charge is 0.371 e. The van der Waals surface area contributed by atoms with Crippen LogP contribution in [0.5, 0.6) is 0 Å². The van der Waals surface area contributed by atoms with Gasteiger partial charge in [-0.3, -0.25) is 0 Å². The number of fused-ring (bicyclic) bond motifs is 2. The number of nitrogens with two attached hydrogens (primary N) is 1. The summed E-state index contributed by atoms with van der Waals surface area (Å²) in [6.07, 6.45) is 4.43. The molecule has 0 amide bonds. The van der Waals surface area contributed by atoms with E-state index in [-0.39, 0.29) is 0 Å².